The van der Waals surface area contributed by atoms with E-state index in [1.165, 1.54) is 0 Å². The molecule has 1 saturated heterocycles. The maximum absolute atomic E-state index is 13.0. The van der Waals surface area contributed by atoms with Crippen LogP contribution in [0.4, 0.5) is 5.82 Å². The molecule has 0 bridgehead atoms. The lowest BCUT2D eigenvalue weighted by Crippen LogP contribution is -2.35. The first-order valence-electron chi connectivity index (χ1n) is 9.41. The maximum Gasteiger partial charge on any atom is 0.271 e. The molecule has 0 aromatic carbocycles. The van der Waals surface area contributed by atoms with E-state index in [0.29, 0.717) is 12.2 Å². The molecule has 2 aliphatic heterocycles. The first kappa shape index (κ1) is 17.7. The van der Waals surface area contributed by atoms with E-state index in [-0.39, 0.29) is 22.5 Å². The molecule has 3 aromatic heterocycles. The van der Waals surface area contributed by atoms with Gasteiger partial charge in [0.15, 0.2) is 11.5 Å². The number of thioether (sulfide) groups is 1. The zero-order valence-electron chi connectivity index (χ0n) is 16.0. The summed E-state index contributed by atoms with van der Waals surface area (Å²) >= 11 is 1.57. The van der Waals surface area contributed by atoms with E-state index >= 15 is 0 Å². The fraction of sp³-hybridized carbons (Fsp3) is 0.474. The summed E-state index contributed by atoms with van der Waals surface area (Å²) in [7, 11) is 0. The van der Waals surface area contributed by atoms with Crippen molar-refractivity contribution in [3.8, 4) is 0 Å². The largest absolute Gasteiger partial charge is 0.375 e. The van der Waals surface area contributed by atoms with Gasteiger partial charge in [-0.1, -0.05) is 11.8 Å². The molecule has 1 N–H and O–H groups in total. The monoisotopic (exact) mass is 398 g/mol. The van der Waals surface area contributed by atoms with Crippen molar-refractivity contribution >= 4 is 28.3 Å². The van der Waals surface area contributed by atoms with Gasteiger partial charge in [0.25, 0.3) is 5.56 Å². The predicted octanol–water partition coefficient (Wildman–Crippen LogP) is 3.24. The Morgan fingerprint density at radius 3 is 3.07 bits per heavy atom. The van der Waals surface area contributed by atoms with Crippen molar-refractivity contribution in [2.45, 2.75) is 50.5 Å². The van der Waals surface area contributed by atoms with E-state index in [4.69, 9.17) is 9.73 Å². The van der Waals surface area contributed by atoms with Gasteiger partial charge in [0, 0.05) is 24.6 Å². The van der Waals surface area contributed by atoms with Gasteiger partial charge in [-0.25, -0.2) is 14.5 Å². The number of hydrogen-bond acceptors (Lipinski definition) is 6. The van der Waals surface area contributed by atoms with Crippen LogP contribution in [-0.4, -0.2) is 41.6 Å². The number of aromatic amines is 1. The van der Waals surface area contributed by atoms with Gasteiger partial charge in [-0.15, -0.1) is 0 Å². The minimum atomic E-state index is -0.217. The number of nitrogens with zero attached hydrogens (tertiary/aromatic N) is 5. The zero-order valence-corrected chi connectivity index (χ0v) is 16.9. The van der Waals surface area contributed by atoms with E-state index in [2.05, 4.69) is 29.0 Å². The molecule has 0 spiro atoms. The summed E-state index contributed by atoms with van der Waals surface area (Å²) in [6.07, 6.45) is 7.09. The molecule has 28 heavy (non-hydrogen) atoms. The molecule has 0 unspecified atom stereocenters. The Bertz CT molecular complexity index is 1140. The normalized spacial score (nSPS) is 24.2. The molecule has 0 amide bonds. The second-order valence-corrected chi connectivity index (χ2v) is 9.22. The number of aromatic nitrogens is 5. The number of ether oxygens (including phenoxy) is 1. The van der Waals surface area contributed by atoms with Crippen molar-refractivity contribution in [2.75, 3.05) is 6.61 Å². The van der Waals surface area contributed by atoms with Crippen LogP contribution in [0.2, 0.25) is 0 Å². The van der Waals surface area contributed by atoms with Crippen molar-refractivity contribution in [1.29, 1.82) is 0 Å². The minimum Gasteiger partial charge on any atom is -0.375 e. The minimum absolute atomic E-state index is 0.0941. The topological polar surface area (TPSA) is 89.6 Å². The summed E-state index contributed by atoms with van der Waals surface area (Å²) in [5, 5.41) is 8.20. The fourth-order valence-electron chi connectivity index (χ4n) is 4.14. The highest BCUT2D eigenvalue weighted by Crippen LogP contribution is 2.46. The van der Waals surface area contributed by atoms with Crippen LogP contribution in [0.1, 0.15) is 56.0 Å². The van der Waals surface area contributed by atoms with E-state index in [1.54, 1.807) is 28.7 Å². The summed E-state index contributed by atoms with van der Waals surface area (Å²) in [6, 6.07) is 1.99. The van der Waals surface area contributed by atoms with Crippen molar-refractivity contribution in [3.63, 3.8) is 0 Å². The lowest BCUT2D eigenvalue weighted by atomic mass is 9.94. The Labute approximate surface area is 166 Å². The molecule has 0 radical (unpaired) electrons. The Kier molecular flexibility index (Phi) is 3.99. The summed E-state index contributed by atoms with van der Waals surface area (Å²) in [5.74, 6) is 0.726. The standard InChI is InChI=1S/C19H22N6O2S/c1-11-22-17-14(15(28-11)13-10-21-24-7-4-6-20-16(13)24)18(26)23-25(17)12-5-8-27-19(2,3)9-12/h4,6-7,10,12,15H,5,8-9H2,1-3H3,(H,23,26)/t12-,15-/m1/s1. The smallest absolute Gasteiger partial charge is 0.271 e. The second-order valence-electron chi connectivity index (χ2n) is 7.92. The molecule has 8 nitrogen and oxygen atoms in total. The van der Waals surface area contributed by atoms with Crippen molar-refractivity contribution < 1.29 is 4.74 Å². The predicted molar refractivity (Wildman–Crippen MR) is 109 cm³/mol. The molecule has 5 rings (SSSR count). The van der Waals surface area contributed by atoms with Gasteiger partial charge in [-0.3, -0.25) is 14.6 Å². The Balaban J connectivity index is 1.64. The van der Waals surface area contributed by atoms with Crippen molar-refractivity contribution in [1.82, 2.24) is 24.4 Å². The van der Waals surface area contributed by atoms with Crippen LogP contribution in [0.25, 0.3) is 5.65 Å². The molecule has 2 atom stereocenters. The van der Waals surface area contributed by atoms with Gasteiger partial charge in [0.1, 0.15) is 0 Å². The number of H-pyrrole nitrogens is 1. The number of hydrogen-bond donors (Lipinski definition) is 1. The quantitative estimate of drug-likeness (QED) is 0.716. The Morgan fingerprint density at radius 1 is 1.39 bits per heavy atom. The van der Waals surface area contributed by atoms with Crippen LogP contribution in [0.5, 0.6) is 0 Å². The van der Waals surface area contributed by atoms with Gasteiger partial charge in [-0.05, 0) is 39.7 Å². The molecule has 1 fully saturated rings. The highest BCUT2D eigenvalue weighted by atomic mass is 32.2. The molecule has 0 aliphatic carbocycles. The Hall–Kier alpha value is -2.39. The molecular weight excluding hydrogens is 376 g/mol. The molecule has 146 valence electrons. The van der Waals surface area contributed by atoms with Crippen LogP contribution in [0.3, 0.4) is 0 Å². The van der Waals surface area contributed by atoms with E-state index in [1.807, 2.05) is 23.9 Å². The molecule has 0 saturated carbocycles. The van der Waals surface area contributed by atoms with Gasteiger partial charge in [0.05, 0.1) is 33.7 Å². The first-order valence-corrected chi connectivity index (χ1v) is 10.3. The average molecular weight is 398 g/mol. The maximum atomic E-state index is 13.0. The molecule has 9 heteroatoms. The first-order chi connectivity index (χ1) is 13.4. The number of aliphatic imine (C=N–C) groups is 1. The third kappa shape index (κ3) is 2.80. The number of rotatable bonds is 2. The van der Waals surface area contributed by atoms with Gasteiger partial charge < -0.3 is 4.74 Å². The van der Waals surface area contributed by atoms with E-state index < -0.39 is 0 Å². The van der Waals surface area contributed by atoms with Gasteiger partial charge in [0.2, 0.25) is 0 Å². The lowest BCUT2D eigenvalue weighted by molar-refractivity contribution is -0.0705. The van der Waals surface area contributed by atoms with Crippen LogP contribution in [0.15, 0.2) is 34.4 Å². The van der Waals surface area contributed by atoms with Gasteiger partial charge in [-0.2, -0.15) is 5.10 Å². The molecule has 2 aliphatic rings. The Morgan fingerprint density at radius 2 is 2.25 bits per heavy atom. The average Bonchev–Trinajstić information content (AvgIpc) is 3.22. The van der Waals surface area contributed by atoms with E-state index in [9.17, 15) is 4.79 Å². The second kappa shape index (κ2) is 6.31. The third-order valence-corrected chi connectivity index (χ3v) is 6.53. The zero-order chi connectivity index (χ0) is 19.5. The number of fused-ring (bicyclic) bond motifs is 2. The SMILES string of the molecule is CC1=Nc2c(c(=O)[nH]n2[C@@H]2CCOC(C)(C)C2)[C@@H](c2cnn3cccnc23)S1. The summed E-state index contributed by atoms with van der Waals surface area (Å²) in [5.41, 5.74) is 2.06. The molecule has 5 heterocycles. The summed E-state index contributed by atoms with van der Waals surface area (Å²) in [6.45, 7) is 6.83. The summed E-state index contributed by atoms with van der Waals surface area (Å²) < 4.78 is 9.55. The fourth-order valence-corrected chi connectivity index (χ4v) is 5.25. The third-order valence-electron chi connectivity index (χ3n) is 5.37. The van der Waals surface area contributed by atoms with Crippen LogP contribution in [-0.2, 0) is 4.74 Å². The van der Waals surface area contributed by atoms with Crippen LogP contribution < -0.4 is 5.56 Å². The number of nitrogens with one attached hydrogen (secondary N) is 1. The molecular formula is C19H22N6O2S. The summed E-state index contributed by atoms with van der Waals surface area (Å²) in [4.78, 5) is 22.2. The highest BCUT2D eigenvalue weighted by molar-refractivity contribution is 8.14. The van der Waals surface area contributed by atoms with E-state index in [0.717, 1.165) is 34.9 Å². The molecule has 3 aromatic rings. The van der Waals surface area contributed by atoms with Crippen LogP contribution >= 0.6 is 11.8 Å². The van der Waals surface area contributed by atoms with Crippen molar-refractivity contribution in [3.05, 3.63) is 46.1 Å². The lowest BCUT2D eigenvalue weighted by Gasteiger charge is -2.36. The van der Waals surface area contributed by atoms with Crippen LogP contribution in [0, 0.1) is 0 Å². The van der Waals surface area contributed by atoms with Crippen molar-refractivity contribution in [2.24, 2.45) is 4.99 Å². The van der Waals surface area contributed by atoms with Gasteiger partial charge >= 0.3 is 0 Å². The highest BCUT2D eigenvalue weighted by Gasteiger charge is 2.36.